The summed E-state index contributed by atoms with van der Waals surface area (Å²) in [6, 6.07) is 0. The first-order chi connectivity index (χ1) is 7.85. The van der Waals surface area contributed by atoms with Gasteiger partial charge in [0, 0.05) is 18.9 Å². The number of hydrogen-bond acceptors (Lipinski definition) is 2. The number of rotatable bonds is 5. The Kier molecular flexibility index (Phi) is 5.18. The van der Waals surface area contributed by atoms with Crippen molar-refractivity contribution in [2.45, 2.75) is 59.8 Å². The molecule has 1 N–H and O–H groups in total. The molecule has 0 aliphatic heterocycles. The lowest BCUT2D eigenvalue weighted by Crippen LogP contribution is -2.29. The van der Waals surface area contributed by atoms with Crippen molar-refractivity contribution in [2.75, 3.05) is 6.61 Å². The molecule has 1 aliphatic carbocycles. The summed E-state index contributed by atoms with van der Waals surface area (Å²) >= 11 is 0. The number of carbonyl (C=O) groups is 1. The second-order valence-corrected chi connectivity index (χ2v) is 6.82. The van der Waals surface area contributed by atoms with Crippen molar-refractivity contribution in [1.29, 1.82) is 0 Å². The molecule has 0 spiro atoms. The molecule has 0 unspecified atom stereocenters. The third-order valence-electron chi connectivity index (χ3n) is 4.25. The minimum Gasteiger partial charge on any atom is -0.396 e. The van der Waals surface area contributed by atoms with E-state index in [2.05, 4.69) is 13.8 Å². The highest BCUT2D eigenvalue weighted by atomic mass is 16.3. The molecule has 1 rings (SSSR count). The van der Waals surface area contributed by atoms with Crippen LogP contribution in [-0.4, -0.2) is 17.5 Å². The molecule has 0 radical (unpaired) electrons. The largest absolute Gasteiger partial charge is 0.396 e. The summed E-state index contributed by atoms with van der Waals surface area (Å²) in [5, 5.41) is 9.20. The molecule has 0 saturated heterocycles. The maximum absolute atomic E-state index is 12.1. The molecule has 100 valence electrons. The fraction of sp³-hybridized carbons (Fsp3) is 0.933. The van der Waals surface area contributed by atoms with Gasteiger partial charge in [0.15, 0.2) is 0 Å². The Balaban J connectivity index is 2.41. The van der Waals surface area contributed by atoms with Crippen molar-refractivity contribution in [3.8, 4) is 0 Å². The average molecular weight is 240 g/mol. The molecule has 2 nitrogen and oxygen atoms in total. The SMILES string of the molecule is CC(C)C1CCC(C(=O)CC(C)(C)CO)CC1. The number of ketones is 1. The predicted octanol–water partition coefficient (Wildman–Crippen LogP) is 3.43. The molecule has 0 atom stereocenters. The number of carbonyl (C=O) groups excluding carboxylic acids is 1. The van der Waals surface area contributed by atoms with Gasteiger partial charge in [-0.3, -0.25) is 4.79 Å². The fourth-order valence-corrected chi connectivity index (χ4v) is 2.78. The molecule has 0 bridgehead atoms. The van der Waals surface area contributed by atoms with Crippen LogP contribution in [0, 0.1) is 23.2 Å². The van der Waals surface area contributed by atoms with Crippen LogP contribution in [0.5, 0.6) is 0 Å². The van der Waals surface area contributed by atoms with Crippen molar-refractivity contribution in [2.24, 2.45) is 23.2 Å². The standard InChI is InChI=1S/C15H28O2/c1-11(2)12-5-7-13(8-6-12)14(17)9-15(3,4)10-16/h11-13,16H,5-10H2,1-4H3. The maximum Gasteiger partial charge on any atom is 0.136 e. The van der Waals surface area contributed by atoms with Crippen LogP contribution in [0.25, 0.3) is 0 Å². The Morgan fingerprint density at radius 1 is 1.24 bits per heavy atom. The lowest BCUT2D eigenvalue weighted by Gasteiger charge is -2.31. The normalized spacial score (nSPS) is 26.2. The first-order valence-corrected chi connectivity index (χ1v) is 6.99. The van der Waals surface area contributed by atoms with Crippen molar-refractivity contribution >= 4 is 5.78 Å². The van der Waals surface area contributed by atoms with Gasteiger partial charge in [0.05, 0.1) is 0 Å². The molecule has 0 aromatic rings. The highest BCUT2D eigenvalue weighted by molar-refractivity contribution is 5.81. The predicted molar refractivity (Wildman–Crippen MR) is 70.8 cm³/mol. The molecule has 0 aromatic carbocycles. The van der Waals surface area contributed by atoms with Gasteiger partial charge in [-0.1, -0.05) is 27.7 Å². The van der Waals surface area contributed by atoms with E-state index in [-0.39, 0.29) is 17.9 Å². The van der Waals surface area contributed by atoms with Crippen molar-refractivity contribution in [1.82, 2.24) is 0 Å². The zero-order chi connectivity index (χ0) is 13.1. The zero-order valence-corrected chi connectivity index (χ0v) is 11.8. The van der Waals surface area contributed by atoms with Crippen LogP contribution in [-0.2, 0) is 4.79 Å². The van der Waals surface area contributed by atoms with Crippen LogP contribution < -0.4 is 0 Å². The van der Waals surface area contributed by atoms with Gasteiger partial charge in [0.1, 0.15) is 5.78 Å². The number of aliphatic hydroxyl groups is 1. The second-order valence-electron chi connectivity index (χ2n) is 6.82. The van der Waals surface area contributed by atoms with E-state index in [1.165, 1.54) is 12.8 Å². The van der Waals surface area contributed by atoms with Crippen molar-refractivity contribution in [3.63, 3.8) is 0 Å². The summed E-state index contributed by atoms with van der Waals surface area (Å²) < 4.78 is 0. The van der Waals surface area contributed by atoms with Crippen LogP contribution in [0.2, 0.25) is 0 Å². The Bertz CT molecular complexity index is 248. The summed E-state index contributed by atoms with van der Waals surface area (Å²) in [6.07, 6.45) is 5.05. The van der Waals surface area contributed by atoms with Gasteiger partial charge in [0.25, 0.3) is 0 Å². The fourth-order valence-electron chi connectivity index (χ4n) is 2.78. The minimum absolute atomic E-state index is 0.0973. The highest BCUT2D eigenvalue weighted by Crippen LogP contribution is 2.35. The molecular formula is C15H28O2. The molecular weight excluding hydrogens is 212 g/mol. The number of Topliss-reactive ketones (excluding diaryl/α,β-unsaturated/α-hetero) is 1. The van der Waals surface area contributed by atoms with E-state index in [1.807, 2.05) is 13.8 Å². The first-order valence-electron chi connectivity index (χ1n) is 6.99. The Morgan fingerprint density at radius 3 is 2.18 bits per heavy atom. The molecule has 0 amide bonds. The van der Waals surface area contributed by atoms with Gasteiger partial charge in [-0.05, 0) is 42.9 Å². The summed E-state index contributed by atoms with van der Waals surface area (Å²) in [4.78, 5) is 12.1. The molecule has 1 saturated carbocycles. The molecule has 1 fully saturated rings. The summed E-state index contributed by atoms with van der Waals surface area (Å²) in [7, 11) is 0. The van der Waals surface area contributed by atoms with Crippen LogP contribution >= 0.6 is 0 Å². The van der Waals surface area contributed by atoms with Crippen LogP contribution in [0.1, 0.15) is 59.8 Å². The summed E-state index contributed by atoms with van der Waals surface area (Å²) in [5.41, 5.74) is -0.244. The van der Waals surface area contributed by atoms with E-state index in [0.29, 0.717) is 12.2 Å². The van der Waals surface area contributed by atoms with E-state index in [9.17, 15) is 9.90 Å². The molecule has 2 heteroatoms. The monoisotopic (exact) mass is 240 g/mol. The molecule has 1 aliphatic rings. The van der Waals surface area contributed by atoms with E-state index in [0.717, 1.165) is 24.7 Å². The highest BCUT2D eigenvalue weighted by Gasteiger charge is 2.30. The smallest absolute Gasteiger partial charge is 0.136 e. The third-order valence-corrected chi connectivity index (χ3v) is 4.25. The molecule has 0 aromatic heterocycles. The lowest BCUT2D eigenvalue weighted by molar-refractivity contribution is -0.126. The van der Waals surface area contributed by atoms with Gasteiger partial charge in [-0.15, -0.1) is 0 Å². The zero-order valence-electron chi connectivity index (χ0n) is 11.8. The van der Waals surface area contributed by atoms with Gasteiger partial charge >= 0.3 is 0 Å². The molecule has 17 heavy (non-hydrogen) atoms. The minimum atomic E-state index is -0.244. The van der Waals surface area contributed by atoms with Gasteiger partial charge in [0.2, 0.25) is 0 Å². The second kappa shape index (κ2) is 5.99. The quantitative estimate of drug-likeness (QED) is 0.799. The average Bonchev–Trinajstić information content (AvgIpc) is 2.28. The summed E-state index contributed by atoms with van der Waals surface area (Å²) in [5.74, 6) is 2.19. The van der Waals surface area contributed by atoms with E-state index >= 15 is 0 Å². The third kappa shape index (κ3) is 4.42. The molecule has 0 heterocycles. The Hall–Kier alpha value is -0.370. The van der Waals surface area contributed by atoms with Crippen LogP contribution in [0.4, 0.5) is 0 Å². The maximum atomic E-state index is 12.1. The Labute approximate surface area is 106 Å². The van der Waals surface area contributed by atoms with E-state index in [1.54, 1.807) is 0 Å². The van der Waals surface area contributed by atoms with Crippen molar-refractivity contribution < 1.29 is 9.90 Å². The topological polar surface area (TPSA) is 37.3 Å². The van der Waals surface area contributed by atoms with E-state index in [4.69, 9.17) is 0 Å². The van der Waals surface area contributed by atoms with E-state index < -0.39 is 0 Å². The van der Waals surface area contributed by atoms with Gasteiger partial charge < -0.3 is 5.11 Å². The van der Waals surface area contributed by atoms with Gasteiger partial charge in [-0.2, -0.15) is 0 Å². The number of hydrogen-bond donors (Lipinski definition) is 1. The summed E-state index contributed by atoms with van der Waals surface area (Å²) in [6.45, 7) is 8.58. The van der Waals surface area contributed by atoms with Crippen LogP contribution in [0.15, 0.2) is 0 Å². The lowest BCUT2D eigenvalue weighted by atomic mass is 9.73. The van der Waals surface area contributed by atoms with Crippen molar-refractivity contribution in [3.05, 3.63) is 0 Å². The van der Waals surface area contributed by atoms with Gasteiger partial charge in [-0.25, -0.2) is 0 Å². The first kappa shape index (κ1) is 14.7. The number of aliphatic hydroxyl groups excluding tert-OH is 1. The van der Waals surface area contributed by atoms with Crippen LogP contribution in [0.3, 0.4) is 0 Å². The Morgan fingerprint density at radius 2 is 1.76 bits per heavy atom.